The van der Waals surface area contributed by atoms with Gasteiger partial charge >= 0.3 is 0 Å². The molecule has 35 heavy (non-hydrogen) atoms. The van der Waals surface area contributed by atoms with Gasteiger partial charge in [0.15, 0.2) is 35.2 Å². The maximum absolute atomic E-state index is 11.4. The Morgan fingerprint density at radius 2 is 1.54 bits per heavy atom. The van der Waals surface area contributed by atoms with Gasteiger partial charge in [-0.1, -0.05) is 24.3 Å². The van der Waals surface area contributed by atoms with Gasteiger partial charge in [0.25, 0.3) is 0 Å². The highest BCUT2D eigenvalue weighted by Crippen LogP contribution is 2.36. The van der Waals surface area contributed by atoms with E-state index in [1.807, 2.05) is 24.3 Å². The zero-order chi connectivity index (χ0) is 25.4. The normalized spacial score (nSPS) is 17.4. The third kappa shape index (κ3) is 6.46. The maximum atomic E-state index is 11.4. The van der Waals surface area contributed by atoms with Crippen molar-refractivity contribution in [3.05, 3.63) is 66.2 Å². The molecule has 0 aromatic heterocycles. The van der Waals surface area contributed by atoms with Gasteiger partial charge in [0.2, 0.25) is 5.78 Å². The van der Waals surface area contributed by atoms with Crippen molar-refractivity contribution in [3.8, 4) is 40.2 Å². The monoisotopic (exact) mass is 486 g/mol. The van der Waals surface area contributed by atoms with Gasteiger partial charge in [-0.05, 0) is 24.3 Å². The number of para-hydroxylation sites is 4. The highest BCUT2D eigenvalue weighted by molar-refractivity contribution is 6.05. The Labute approximate surface area is 201 Å². The lowest BCUT2D eigenvalue weighted by Gasteiger charge is -2.24. The number of phenols is 3. The summed E-state index contributed by atoms with van der Waals surface area (Å²) >= 11 is 0. The van der Waals surface area contributed by atoms with Gasteiger partial charge in [-0.2, -0.15) is 0 Å². The first-order valence-electron chi connectivity index (χ1n) is 10.6. The lowest BCUT2D eigenvalue weighted by molar-refractivity contribution is 0.0456. The molecule has 10 nitrogen and oxygen atoms in total. The lowest BCUT2D eigenvalue weighted by Crippen LogP contribution is -2.32. The second-order valence-electron chi connectivity index (χ2n) is 7.38. The summed E-state index contributed by atoms with van der Waals surface area (Å²) < 4.78 is 20.5. The number of ketones is 1. The van der Waals surface area contributed by atoms with Crippen LogP contribution in [0, 0.1) is 0 Å². The first kappa shape index (κ1) is 25.5. The summed E-state index contributed by atoms with van der Waals surface area (Å²) in [6.07, 6.45) is -1.47. The second-order valence-corrected chi connectivity index (χ2v) is 7.38. The fourth-order valence-electron chi connectivity index (χ4n) is 3.14. The molecular formula is C25H26O10. The summed E-state index contributed by atoms with van der Waals surface area (Å²) in [4.78, 5) is 11.4. The number of phenolic OH excluding ortho intramolecular Hbond substituents is 3. The molecule has 0 aliphatic carbocycles. The van der Waals surface area contributed by atoms with Gasteiger partial charge < -0.3 is 44.5 Å². The standard InChI is InChI=1S/C9H8O5.C9H10O3.C7H8O2/c10-4-1-5(11)8-7(2-4)14-3-6(12)9(8)13;10-5-7-6-11-8-3-1-2-4-9(8)12-7;1-9-7-5-3-2-4-6(7)8/h1-2,6,10-12H,3H2;1-4,7,10H,5-6H2;2-5,8H,1H3. The molecule has 186 valence electrons. The van der Waals surface area contributed by atoms with Crippen molar-refractivity contribution in [1.82, 2.24) is 0 Å². The van der Waals surface area contributed by atoms with Crippen LogP contribution in [0.1, 0.15) is 10.4 Å². The summed E-state index contributed by atoms with van der Waals surface area (Å²) in [7, 11) is 1.52. The molecule has 3 aromatic rings. The van der Waals surface area contributed by atoms with Gasteiger partial charge in [0, 0.05) is 12.1 Å². The molecule has 0 fully saturated rings. The van der Waals surface area contributed by atoms with Crippen molar-refractivity contribution in [2.75, 3.05) is 26.9 Å². The smallest absolute Gasteiger partial charge is 0.202 e. The minimum absolute atomic E-state index is 0.00562. The SMILES string of the molecule is COc1ccccc1O.O=C1c2c(O)cc(O)cc2OCC1O.OCC1COc2ccccc2O1. The Morgan fingerprint density at radius 3 is 2.20 bits per heavy atom. The van der Waals surface area contributed by atoms with Crippen LogP contribution in [0.5, 0.6) is 40.2 Å². The Bertz CT molecular complexity index is 1150. The average molecular weight is 486 g/mol. The predicted octanol–water partition coefficient (Wildman–Crippen LogP) is 2.25. The van der Waals surface area contributed by atoms with E-state index in [4.69, 9.17) is 34.3 Å². The van der Waals surface area contributed by atoms with Crippen molar-refractivity contribution in [2.45, 2.75) is 12.2 Å². The maximum Gasteiger partial charge on any atom is 0.202 e. The molecular weight excluding hydrogens is 460 g/mol. The summed E-state index contributed by atoms with van der Waals surface area (Å²) in [5, 5.41) is 45.4. The minimum atomic E-state index is -1.25. The quantitative estimate of drug-likeness (QED) is 0.364. The van der Waals surface area contributed by atoms with Gasteiger partial charge in [-0.3, -0.25) is 4.79 Å². The number of aliphatic hydroxyl groups excluding tert-OH is 2. The Kier molecular flexibility index (Phi) is 8.60. The third-order valence-electron chi connectivity index (χ3n) is 4.87. The Hall–Kier alpha value is -4.15. The Balaban J connectivity index is 0.000000150. The average Bonchev–Trinajstić information content (AvgIpc) is 2.87. The van der Waals surface area contributed by atoms with Crippen LogP contribution >= 0.6 is 0 Å². The summed E-state index contributed by atoms with van der Waals surface area (Å²) in [5.74, 6) is 1.08. The molecule has 0 bridgehead atoms. The fraction of sp³-hybridized carbons (Fsp3) is 0.240. The van der Waals surface area contributed by atoms with Crippen molar-refractivity contribution in [1.29, 1.82) is 0 Å². The number of hydrogen-bond acceptors (Lipinski definition) is 10. The van der Waals surface area contributed by atoms with Crippen molar-refractivity contribution < 1.29 is 49.3 Å². The van der Waals surface area contributed by atoms with Crippen molar-refractivity contribution >= 4 is 5.78 Å². The van der Waals surface area contributed by atoms with E-state index in [0.717, 1.165) is 11.8 Å². The highest BCUT2D eigenvalue weighted by Gasteiger charge is 2.30. The molecule has 5 rings (SSSR count). The minimum Gasteiger partial charge on any atom is -0.508 e. The molecule has 0 spiro atoms. The van der Waals surface area contributed by atoms with Crippen LogP contribution in [0.15, 0.2) is 60.7 Å². The van der Waals surface area contributed by atoms with Crippen LogP contribution in [-0.2, 0) is 0 Å². The lowest BCUT2D eigenvalue weighted by atomic mass is 10.0. The van der Waals surface area contributed by atoms with E-state index in [9.17, 15) is 15.0 Å². The molecule has 0 saturated carbocycles. The topological polar surface area (TPSA) is 155 Å². The molecule has 0 radical (unpaired) electrons. The number of benzene rings is 3. The van der Waals surface area contributed by atoms with E-state index >= 15 is 0 Å². The fourth-order valence-corrected chi connectivity index (χ4v) is 3.14. The molecule has 2 heterocycles. The molecule has 3 aromatic carbocycles. The third-order valence-corrected chi connectivity index (χ3v) is 4.87. The van der Waals surface area contributed by atoms with Crippen LogP contribution in [0.3, 0.4) is 0 Å². The summed E-state index contributed by atoms with van der Waals surface area (Å²) in [5.41, 5.74) is -0.0819. The Morgan fingerprint density at radius 1 is 0.886 bits per heavy atom. The van der Waals surface area contributed by atoms with E-state index in [-0.39, 0.29) is 47.9 Å². The van der Waals surface area contributed by atoms with Crippen LogP contribution < -0.4 is 18.9 Å². The zero-order valence-electron chi connectivity index (χ0n) is 18.8. The number of Topliss-reactive ketones (excluding diaryl/α,β-unsaturated/α-hetero) is 1. The number of aliphatic hydroxyl groups is 2. The first-order valence-corrected chi connectivity index (χ1v) is 10.6. The molecule has 0 saturated heterocycles. The number of fused-ring (bicyclic) bond motifs is 2. The molecule has 2 aliphatic rings. The molecule has 2 atom stereocenters. The van der Waals surface area contributed by atoms with Gasteiger partial charge in [-0.15, -0.1) is 0 Å². The number of aromatic hydroxyl groups is 3. The van der Waals surface area contributed by atoms with Crippen molar-refractivity contribution in [2.24, 2.45) is 0 Å². The number of carbonyl (C=O) groups excluding carboxylic acids is 1. The second kappa shape index (κ2) is 11.8. The molecule has 0 amide bonds. The number of ether oxygens (including phenoxy) is 4. The van der Waals surface area contributed by atoms with Gasteiger partial charge in [0.1, 0.15) is 36.0 Å². The summed E-state index contributed by atoms with van der Waals surface area (Å²) in [6.45, 7) is 0.260. The van der Waals surface area contributed by atoms with E-state index in [2.05, 4.69) is 0 Å². The number of methoxy groups -OCH3 is 1. The van der Waals surface area contributed by atoms with Crippen LogP contribution in [0.4, 0.5) is 0 Å². The van der Waals surface area contributed by atoms with Crippen molar-refractivity contribution in [3.63, 3.8) is 0 Å². The van der Waals surface area contributed by atoms with E-state index < -0.39 is 11.9 Å². The van der Waals surface area contributed by atoms with E-state index in [0.29, 0.717) is 18.1 Å². The van der Waals surface area contributed by atoms with Gasteiger partial charge in [0.05, 0.1) is 13.7 Å². The molecule has 2 aliphatic heterocycles. The molecule has 5 N–H and O–H groups in total. The first-order chi connectivity index (χ1) is 16.8. The zero-order valence-corrected chi connectivity index (χ0v) is 18.8. The number of carbonyl (C=O) groups is 1. The van der Waals surface area contributed by atoms with E-state index in [1.165, 1.54) is 13.2 Å². The molecule has 10 heteroatoms. The van der Waals surface area contributed by atoms with Crippen LogP contribution in [-0.4, -0.2) is 70.5 Å². The van der Waals surface area contributed by atoms with Gasteiger partial charge in [-0.25, -0.2) is 0 Å². The van der Waals surface area contributed by atoms with E-state index in [1.54, 1.807) is 24.3 Å². The summed E-state index contributed by atoms with van der Waals surface area (Å²) in [6, 6.07) is 16.5. The largest absolute Gasteiger partial charge is 0.508 e. The van der Waals surface area contributed by atoms with Crippen LogP contribution in [0.25, 0.3) is 0 Å². The molecule has 2 unspecified atom stereocenters. The highest BCUT2D eigenvalue weighted by atomic mass is 16.6. The number of hydrogen-bond donors (Lipinski definition) is 5. The van der Waals surface area contributed by atoms with Crippen LogP contribution in [0.2, 0.25) is 0 Å². The predicted molar refractivity (Wildman–Crippen MR) is 124 cm³/mol. The number of rotatable bonds is 2.